The zero-order chi connectivity index (χ0) is 30.8. The summed E-state index contributed by atoms with van der Waals surface area (Å²) in [4.78, 5) is 39.6. The lowest BCUT2D eigenvalue weighted by atomic mass is 9.97. The number of aromatic nitrogens is 1. The zero-order valence-corrected chi connectivity index (χ0v) is 26.0. The highest BCUT2D eigenvalue weighted by molar-refractivity contribution is 6.35. The van der Waals surface area contributed by atoms with Gasteiger partial charge in [-0.3, -0.25) is 9.69 Å². The van der Waals surface area contributed by atoms with Crippen molar-refractivity contribution >= 4 is 29.4 Å². The number of rotatable bonds is 3. The largest absolute Gasteiger partial charge is 0.489 e. The number of hydrogen-bond acceptors (Lipinski definition) is 7. The summed E-state index contributed by atoms with van der Waals surface area (Å²) in [6.45, 7) is 11.7. The van der Waals surface area contributed by atoms with E-state index in [1.165, 1.54) is 6.07 Å². The molecular weight excluding hydrogens is 580 g/mol. The van der Waals surface area contributed by atoms with Crippen molar-refractivity contribution in [3.05, 3.63) is 40.7 Å². The Labute approximate surface area is 255 Å². The highest BCUT2D eigenvalue weighted by Crippen LogP contribution is 2.47. The van der Waals surface area contributed by atoms with E-state index in [9.17, 15) is 14.0 Å². The van der Waals surface area contributed by atoms with E-state index in [0.717, 1.165) is 6.42 Å². The fourth-order valence-corrected chi connectivity index (χ4v) is 6.84. The van der Waals surface area contributed by atoms with Crippen molar-refractivity contribution in [1.29, 1.82) is 0 Å². The number of carbonyl (C=O) groups excluding carboxylic acids is 2. The Kier molecular flexibility index (Phi) is 7.48. The van der Waals surface area contributed by atoms with E-state index in [4.69, 9.17) is 26.1 Å². The van der Waals surface area contributed by atoms with Crippen LogP contribution in [0.15, 0.2) is 24.3 Å². The van der Waals surface area contributed by atoms with E-state index < -0.39 is 35.3 Å². The molecule has 12 heteroatoms. The summed E-state index contributed by atoms with van der Waals surface area (Å²) in [5.74, 6) is -0.290. The molecule has 3 saturated heterocycles. The van der Waals surface area contributed by atoms with Gasteiger partial charge < -0.3 is 24.2 Å². The second-order valence-electron chi connectivity index (χ2n) is 13.5. The molecule has 0 radical (unpaired) electrons. The summed E-state index contributed by atoms with van der Waals surface area (Å²) in [6.07, 6.45) is -0.545. The fourth-order valence-electron chi connectivity index (χ4n) is 6.55. The molecule has 3 fully saturated rings. The van der Waals surface area contributed by atoms with Crippen molar-refractivity contribution in [1.82, 2.24) is 19.7 Å². The van der Waals surface area contributed by atoms with Crippen LogP contribution >= 0.6 is 11.6 Å². The number of amides is 2. The summed E-state index contributed by atoms with van der Waals surface area (Å²) < 4.78 is 40.8. The van der Waals surface area contributed by atoms with Crippen LogP contribution in [-0.2, 0) is 4.74 Å². The summed E-state index contributed by atoms with van der Waals surface area (Å²) in [7, 11) is 0. The first-order valence-electron chi connectivity index (χ1n) is 14.8. The molecule has 6 rings (SSSR count). The third-order valence-electron chi connectivity index (χ3n) is 8.73. The zero-order valence-electron chi connectivity index (χ0n) is 25.2. The van der Waals surface area contributed by atoms with Crippen LogP contribution in [0, 0.1) is 5.82 Å². The van der Waals surface area contributed by atoms with Gasteiger partial charge in [-0.15, -0.1) is 0 Å². The number of likely N-dealkylation sites (tertiary alicyclic amines) is 1. The predicted octanol–water partition coefficient (Wildman–Crippen LogP) is 5.01. The molecule has 2 aromatic rings. The number of ether oxygens (including phenoxy) is 2. The van der Waals surface area contributed by atoms with Gasteiger partial charge in [0.2, 0.25) is 0 Å². The molecule has 9 nitrogen and oxygen atoms in total. The first-order chi connectivity index (χ1) is 20.2. The molecule has 0 N–H and O–H groups in total. The van der Waals surface area contributed by atoms with Crippen LogP contribution in [-0.4, -0.2) is 107 Å². The van der Waals surface area contributed by atoms with Crippen molar-refractivity contribution in [2.24, 2.45) is 0 Å². The number of benzene rings is 1. The number of hydrogen-bond donors (Lipinski definition) is 0. The van der Waals surface area contributed by atoms with E-state index in [1.54, 1.807) is 28.0 Å². The molecule has 232 valence electrons. The van der Waals surface area contributed by atoms with Crippen molar-refractivity contribution in [2.75, 3.05) is 50.8 Å². The van der Waals surface area contributed by atoms with E-state index in [2.05, 4.69) is 23.6 Å². The molecule has 0 saturated carbocycles. The van der Waals surface area contributed by atoms with Crippen LogP contribution in [0.2, 0.25) is 5.02 Å². The van der Waals surface area contributed by atoms with Gasteiger partial charge in [0, 0.05) is 56.4 Å². The molecule has 2 atom stereocenters. The van der Waals surface area contributed by atoms with Crippen molar-refractivity contribution in [3.63, 3.8) is 0 Å². The SMILES string of the molecule is CC(C)(C)OC(=O)N1CCN2C(=O)c3c(N4C[C@H](N5CC(F)C5)CC4(C)C)nc(-c4ccccc4F)c(Cl)c3OC[C@H]2C1. The van der Waals surface area contributed by atoms with Crippen LogP contribution in [0.4, 0.5) is 19.4 Å². The van der Waals surface area contributed by atoms with E-state index in [0.29, 0.717) is 32.0 Å². The molecule has 1 aromatic carbocycles. The van der Waals surface area contributed by atoms with E-state index >= 15 is 4.39 Å². The first kappa shape index (κ1) is 29.9. The average molecular weight is 618 g/mol. The molecule has 4 aliphatic heterocycles. The van der Waals surface area contributed by atoms with Gasteiger partial charge in [-0.25, -0.2) is 18.6 Å². The molecule has 0 unspecified atom stereocenters. The molecule has 2 amide bonds. The Morgan fingerprint density at radius 1 is 1.12 bits per heavy atom. The quantitative estimate of drug-likeness (QED) is 0.479. The molecule has 43 heavy (non-hydrogen) atoms. The first-order valence-corrected chi connectivity index (χ1v) is 15.2. The lowest BCUT2D eigenvalue weighted by molar-refractivity contribution is 0.000951. The highest BCUT2D eigenvalue weighted by atomic mass is 35.5. The van der Waals surface area contributed by atoms with E-state index in [-0.39, 0.29) is 59.2 Å². The van der Waals surface area contributed by atoms with Crippen molar-refractivity contribution in [2.45, 2.75) is 70.4 Å². The highest BCUT2D eigenvalue weighted by Gasteiger charge is 2.48. The third kappa shape index (κ3) is 5.50. The molecule has 1 aromatic heterocycles. The molecule has 5 heterocycles. The average Bonchev–Trinajstić information content (AvgIpc) is 3.14. The third-order valence-corrected chi connectivity index (χ3v) is 9.08. The number of nitrogens with zero attached hydrogens (tertiary/aromatic N) is 5. The Hall–Kier alpha value is -3.18. The normalized spacial score (nSPS) is 24.2. The standard InChI is InChI=1S/C31H38ClF2N5O4/c1-30(2,3)43-29(41)36-10-11-38-20(15-36)17-42-26-23(28(38)40)27(35-25(24(26)32)21-8-6-7-9-22(21)34)39-16-19(12-31(39,4)5)37-13-18(33)14-37/h6-9,18-20H,10-17H2,1-5H3/t19-,20-/m1/s1. The predicted molar refractivity (Wildman–Crippen MR) is 159 cm³/mol. The fraction of sp³-hybridized carbons (Fsp3) is 0.581. The summed E-state index contributed by atoms with van der Waals surface area (Å²) in [6, 6.07) is 5.84. The minimum Gasteiger partial charge on any atom is -0.489 e. The second-order valence-corrected chi connectivity index (χ2v) is 13.9. The number of fused-ring (bicyclic) bond motifs is 2. The van der Waals surface area contributed by atoms with Crippen LogP contribution < -0.4 is 9.64 Å². The molecule has 0 bridgehead atoms. The Morgan fingerprint density at radius 3 is 2.51 bits per heavy atom. The smallest absolute Gasteiger partial charge is 0.410 e. The van der Waals surface area contributed by atoms with Crippen LogP contribution in [0.25, 0.3) is 11.3 Å². The molecule has 0 aliphatic carbocycles. The number of piperazine rings is 1. The van der Waals surface area contributed by atoms with Gasteiger partial charge in [0.1, 0.15) is 40.6 Å². The summed E-state index contributed by atoms with van der Waals surface area (Å²) in [5.41, 5.74) is -0.502. The lowest BCUT2D eigenvalue weighted by Gasteiger charge is -2.40. The molecule has 0 spiro atoms. The maximum Gasteiger partial charge on any atom is 0.410 e. The summed E-state index contributed by atoms with van der Waals surface area (Å²) in [5, 5.41) is 0.0533. The number of carbonyl (C=O) groups is 2. The lowest BCUT2D eigenvalue weighted by Crippen LogP contribution is -2.58. The number of halogens is 3. The molecule has 4 aliphatic rings. The van der Waals surface area contributed by atoms with Gasteiger partial charge in [-0.2, -0.15) is 0 Å². The van der Waals surface area contributed by atoms with Gasteiger partial charge >= 0.3 is 6.09 Å². The Morgan fingerprint density at radius 2 is 1.84 bits per heavy atom. The number of anilines is 1. The van der Waals surface area contributed by atoms with Gasteiger partial charge in [-0.1, -0.05) is 23.7 Å². The topological polar surface area (TPSA) is 78.5 Å². The van der Waals surface area contributed by atoms with Gasteiger partial charge in [0.25, 0.3) is 5.91 Å². The minimum atomic E-state index is -0.832. The van der Waals surface area contributed by atoms with Crippen LogP contribution in [0.3, 0.4) is 0 Å². The van der Waals surface area contributed by atoms with Crippen LogP contribution in [0.1, 0.15) is 51.4 Å². The van der Waals surface area contributed by atoms with Gasteiger partial charge in [-0.05, 0) is 53.2 Å². The number of alkyl halides is 1. The van der Waals surface area contributed by atoms with Crippen LogP contribution in [0.5, 0.6) is 5.75 Å². The second kappa shape index (κ2) is 10.8. The Bertz CT molecular complexity index is 1440. The molecular formula is C31H38ClF2N5O4. The summed E-state index contributed by atoms with van der Waals surface area (Å²) >= 11 is 6.92. The monoisotopic (exact) mass is 617 g/mol. The maximum atomic E-state index is 15.1. The maximum absolute atomic E-state index is 15.1. The van der Waals surface area contributed by atoms with Gasteiger partial charge in [0.15, 0.2) is 5.75 Å². The van der Waals surface area contributed by atoms with Crippen molar-refractivity contribution < 1.29 is 27.8 Å². The van der Waals surface area contributed by atoms with Crippen molar-refractivity contribution in [3.8, 4) is 17.0 Å². The van der Waals surface area contributed by atoms with Gasteiger partial charge in [0.05, 0.1) is 11.7 Å². The van der Waals surface area contributed by atoms with E-state index in [1.807, 2.05) is 20.8 Å². The number of pyridine rings is 1. The minimum absolute atomic E-state index is 0.0533. The Balaban J connectivity index is 1.41.